The molecule has 21 heavy (non-hydrogen) atoms. The lowest BCUT2D eigenvalue weighted by Gasteiger charge is -2.06. The van der Waals surface area contributed by atoms with Gasteiger partial charge in [0.05, 0.1) is 6.26 Å². The zero-order chi connectivity index (χ0) is 15.5. The van der Waals surface area contributed by atoms with E-state index in [1.54, 1.807) is 12.2 Å². The highest BCUT2D eigenvalue weighted by molar-refractivity contribution is 8.18. The molecule has 0 fully saturated rings. The molecule has 2 rings (SSSR count). The van der Waals surface area contributed by atoms with Gasteiger partial charge in [0.15, 0.2) is 5.78 Å². The number of carbonyl (C=O) groups excluding carboxylic acids is 1. The number of benzene rings is 1. The standard InChI is InChI=1S/C14H13NO4S2/c1-10(16)14(11-6-4-3-5-7-11)12-8-9-13(20-12)15-19-21(2,17)18/h3-9H,1-2H3. The van der Waals surface area contributed by atoms with Gasteiger partial charge in [-0.3, -0.25) is 9.08 Å². The molecule has 110 valence electrons. The van der Waals surface area contributed by atoms with Crippen molar-refractivity contribution in [2.45, 2.75) is 6.92 Å². The van der Waals surface area contributed by atoms with Gasteiger partial charge >= 0.3 is 10.1 Å². The quantitative estimate of drug-likeness (QED) is 0.629. The van der Waals surface area contributed by atoms with E-state index in [2.05, 4.69) is 9.44 Å². The average Bonchev–Trinajstić information content (AvgIpc) is 2.85. The summed E-state index contributed by atoms with van der Waals surface area (Å²) in [7, 11) is -3.64. The average molecular weight is 323 g/mol. The van der Waals surface area contributed by atoms with Crippen molar-refractivity contribution in [2.24, 2.45) is 5.16 Å². The van der Waals surface area contributed by atoms with Gasteiger partial charge in [0.2, 0.25) is 0 Å². The Labute approximate surface area is 127 Å². The molecule has 0 amide bonds. The van der Waals surface area contributed by atoms with Gasteiger partial charge in [-0.25, -0.2) is 0 Å². The molecule has 0 atom stereocenters. The van der Waals surface area contributed by atoms with Crippen LogP contribution in [0.1, 0.15) is 12.5 Å². The van der Waals surface area contributed by atoms with Gasteiger partial charge in [0.25, 0.3) is 0 Å². The summed E-state index contributed by atoms with van der Waals surface area (Å²) in [5.41, 5.74) is 1.38. The molecule has 1 aliphatic rings. The van der Waals surface area contributed by atoms with Crippen molar-refractivity contribution in [2.75, 3.05) is 6.26 Å². The molecule has 1 aromatic carbocycles. The summed E-state index contributed by atoms with van der Waals surface area (Å²) in [6.45, 7) is 1.49. The summed E-state index contributed by atoms with van der Waals surface area (Å²) in [5.74, 6) is -0.0707. The van der Waals surface area contributed by atoms with Crippen molar-refractivity contribution in [3.63, 3.8) is 0 Å². The number of Topliss-reactive ketones (excluding diaryl/α,β-unsaturated/α-hetero) is 1. The molecule has 0 radical (unpaired) electrons. The maximum atomic E-state index is 11.9. The monoisotopic (exact) mass is 323 g/mol. The van der Waals surface area contributed by atoms with Crippen LogP contribution in [-0.4, -0.2) is 25.5 Å². The van der Waals surface area contributed by atoms with Crippen LogP contribution in [0.25, 0.3) is 5.57 Å². The van der Waals surface area contributed by atoms with E-state index in [-0.39, 0.29) is 5.78 Å². The molecular formula is C14H13NO4S2. The van der Waals surface area contributed by atoms with Crippen molar-refractivity contribution >= 4 is 38.3 Å². The first-order chi connectivity index (χ1) is 9.87. The summed E-state index contributed by atoms with van der Waals surface area (Å²) in [5, 5.41) is 3.92. The molecule has 1 aromatic rings. The number of allylic oxidation sites excluding steroid dienone is 2. The molecular weight excluding hydrogens is 310 g/mol. The van der Waals surface area contributed by atoms with Crippen LogP contribution in [0.5, 0.6) is 0 Å². The highest BCUT2D eigenvalue weighted by Gasteiger charge is 2.19. The fourth-order valence-corrected chi connectivity index (χ4v) is 2.94. The van der Waals surface area contributed by atoms with Crippen LogP contribution in [0.2, 0.25) is 0 Å². The van der Waals surface area contributed by atoms with E-state index in [4.69, 9.17) is 0 Å². The lowest BCUT2D eigenvalue weighted by molar-refractivity contribution is -0.111. The molecule has 0 saturated carbocycles. The minimum absolute atomic E-state index is 0.0707. The van der Waals surface area contributed by atoms with Gasteiger partial charge in [-0.2, -0.15) is 8.42 Å². The Bertz CT molecular complexity index is 746. The molecule has 5 nitrogen and oxygen atoms in total. The van der Waals surface area contributed by atoms with Crippen LogP contribution in [-0.2, 0) is 19.2 Å². The minimum Gasteiger partial charge on any atom is -0.294 e. The third-order valence-corrected chi connectivity index (χ3v) is 3.84. The van der Waals surface area contributed by atoms with Crippen LogP contribution >= 0.6 is 11.8 Å². The molecule has 1 heterocycles. The van der Waals surface area contributed by atoms with Crippen LogP contribution in [0.3, 0.4) is 0 Å². The predicted octanol–water partition coefficient (Wildman–Crippen LogP) is 2.58. The van der Waals surface area contributed by atoms with Crippen molar-refractivity contribution < 1.29 is 17.5 Å². The Hall–Kier alpha value is -1.86. The Kier molecular flexibility index (Phi) is 4.64. The summed E-state index contributed by atoms with van der Waals surface area (Å²) < 4.78 is 26.2. The van der Waals surface area contributed by atoms with Gasteiger partial charge in [0.1, 0.15) is 5.04 Å². The maximum Gasteiger partial charge on any atom is 0.325 e. The maximum absolute atomic E-state index is 11.9. The summed E-state index contributed by atoms with van der Waals surface area (Å²) in [6, 6.07) is 9.27. The van der Waals surface area contributed by atoms with Gasteiger partial charge in [0, 0.05) is 10.5 Å². The highest BCUT2D eigenvalue weighted by atomic mass is 32.2. The summed E-state index contributed by atoms with van der Waals surface area (Å²) in [4.78, 5) is 12.6. The minimum atomic E-state index is -3.64. The molecule has 0 aliphatic carbocycles. The first-order valence-corrected chi connectivity index (χ1v) is 8.63. The van der Waals surface area contributed by atoms with Crippen LogP contribution in [0.4, 0.5) is 0 Å². The number of hydrogen-bond acceptors (Lipinski definition) is 6. The smallest absolute Gasteiger partial charge is 0.294 e. The Balaban J connectivity index is 2.32. The number of carbonyl (C=O) groups is 1. The number of rotatable bonds is 4. The zero-order valence-electron chi connectivity index (χ0n) is 11.4. The summed E-state index contributed by atoms with van der Waals surface area (Å²) >= 11 is 1.19. The Morgan fingerprint density at radius 3 is 2.43 bits per heavy atom. The molecule has 1 aliphatic heterocycles. The third-order valence-electron chi connectivity index (χ3n) is 2.52. The fourth-order valence-electron chi connectivity index (χ4n) is 1.74. The molecule has 0 saturated heterocycles. The number of hydrogen-bond donors (Lipinski definition) is 0. The van der Waals surface area contributed by atoms with Crippen LogP contribution < -0.4 is 0 Å². The molecule has 0 N–H and O–H groups in total. The van der Waals surface area contributed by atoms with E-state index in [9.17, 15) is 13.2 Å². The third kappa shape index (κ3) is 4.30. The second-order valence-corrected chi connectivity index (χ2v) is 6.92. The summed E-state index contributed by atoms with van der Waals surface area (Å²) in [6.07, 6.45) is 4.25. The van der Waals surface area contributed by atoms with Crippen molar-refractivity contribution in [1.29, 1.82) is 0 Å². The van der Waals surface area contributed by atoms with E-state index < -0.39 is 10.1 Å². The molecule has 0 spiro atoms. The van der Waals surface area contributed by atoms with Crippen molar-refractivity contribution in [1.82, 2.24) is 0 Å². The van der Waals surface area contributed by atoms with Crippen LogP contribution in [0, 0.1) is 0 Å². The second kappa shape index (κ2) is 6.28. The Morgan fingerprint density at radius 1 is 1.19 bits per heavy atom. The Morgan fingerprint density at radius 2 is 1.86 bits per heavy atom. The lowest BCUT2D eigenvalue weighted by atomic mass is 10.0. The van der Waals surface area contributed by atoms with E-state index in [1.807, 2.05) is 30.3 Å². The van der Waals surface area contributed by atoms with Gasteiger partial charge in [-0.15, -0.1) is 0 Å². The number of nitrogens with zero attached hydrogens (tertiary/aromatic N) is 1. The van der Waals surface area contributed by atoms with Gasteiger partial charge < -0.3 is 0 Å². The fraction of sp³-hybridized carbons (Fsp3) is 0.143. The molecule has 0 unspecified atom stereocenters. The predicted molar refractivity (Wildman–Crippen MR) is 84.1 cm³/mol. The van der Waals surface area contributed by atoms with E-state index >= 15 is 0 Å². The second-order valence-electron chi connectivity index (χ2n) is 4.31. The lowest BCUT2D eigenvalue weighted by Crippen LogP contribution is -1.99. The molecule has 0 aromatic heterocycles. The highest BCUT2D eigenvalue weighted by Crippen LogP contribution is 2.34. The normalized spacial score (nSPS) is 18.9. The molecule has 7 heteroatoms. The van der Waals surface area contributed by atoms with Crippen LogP contribution in [0.15, 0.2) is 52.5 Å². The van der Waals surface area contributed by atoms with Gasteiger partial charge in [-0.1, -0.05) is 47.2 Å². The topological polar surface area (TPSA) is 72.8 Å². The van der Waals surface area contributed by atoms with E-state index in [0.29, 0.717) is 15.5 Å². The first-order valence-electron chi connectivity index (χ1n) is 6.00. The van der Waals surface area contributed by atoms with Crippen molar-refractivity contribution in [3.05, 3.63) is 53.0 Å². The number of oxime groups is 1. The largest absolute Gasteiger partial charge is 0.325 e. The number of ketones is 1. The molecule has 0 bridgehead atoms. The van der Waals surface area contributed by atoms with E-state index in [1.165, 1.54) is 18.7 Å². The van der Waals surface area contributed by atoms with Crippen molar-refractivity contribution in [3.8, 4) is 0 Å². The van der Waals surface area contributed by atoms with E-state index in [0.717, 1.165) is 11.8 Å². The zero-order valence-corrected chi connectivity index (χ0v) is 13.1. The SMILES string of the molecule is CC(=O)C(=C1C=CC(=NOS(C)(=O)=O)S1)c1ccccc1. The first kappa shape index (κ1) is 15.5. The van der Waals surface area contributed by atoms with Gasteiger partial charge in [-0.05, 0) is 24.6 Å². The number of thioether (sulfide) groups is 1.